The van der Waals surface area contributed by atoms with Crippen LogP contribution < -0.4 is 0 Å². The number of hydrogen-bond donors (Lipinski definition) is 0. The first-order valence-corrected chi connectivity index (χ1v) is 6.60. The Kier molecular flexibility index (Phi) is 8.32. The summed E-state index contributed by atoms with van der Waals surface area (Å²) < 4.78 is 0. The first-order valence-electron chi connectivity index (χ1n) is 6.60. The highest BCUT2D eigenvalue weighted by Gasteiger charge is 2.07. The molecule has 0 amide bonds. The van der Waals surface area contributed by atoms with E-state index in [2.05, 4.69) is 34.6 Å². The molecule has 0 radical (unpaired) electrons. The topological polar surface area (TPSA) is 0 Å². The van der Waals surface area contributed by atoms with E-state index in [-0.39, 0.29) is 0 Å². The Bertz CT molecular complexity index is 117. The van der Waals surface area contributed by atoms with E-state index in [1.54, 1.807) is 0 Å². The summed E-state index contributed by atoms with van der Waals surface area (Å²) in [6.07, 6.45) is 8.43. The summed E-state index contributed by atoms with van der Waals surface area (Å²) in [6.45, 7) is 11.8. The Hall–Kier alpha value is 0. The third kappa shape index (κ3) is 7.41. The molecular weight excluding hydrogens is 168 g/mol. The normalized spacial score (nSPS) is 17.8. The van der Waals surface area contributed by atoms with E-state index < -0.39 is 0 Å². The molecule has 0 aromatic heterocycles. The van der Waals surface area contributed by atoms with Gasteiger partial charge in [0.1, 0.15) is 0 Å². The maximum absolute atomic E-state index is 2.42. The Balaban J connectivity index is 3.39. The van der Waals surface area contributed by atoms with Crippen LogP contribution in [-0.2, 0) is 0 Å². The number of hydrogen-bond acceptors (Lipinski definition) is 0. The Morgan fingerprint density at radius 2 is 1.21 bits per heavy atom. The first kappa shape index (κ1) is 14.0. The minimum Gasteiger partial charge on any atom is -0.0651 e. The van der Waals surface area contributed by atoms with Crippen molar-refractivity contribution < 1.29 is 0 Å². The van der Waals surface area contributed by atoms with Crippen LogP contribution in [0.1, 0.15) is 73.1 Å². The number of rotatable bonds is 8. The minimum atomic E-state index is 0.925. The van der Waals surface area contributed by atoms with Crippen LogP contribution in [-0.4, -0.2) is 0 Å². The van der Waals surface area contributed by atoms with Crippen molar-refractivity contribution in [3.05, 3.63) is 0 Å². The van der Waals surface area contributed by atoms with Gasteiger partial charge in [-0.2, -0.15) is 0 Å². The molecule has 0 spiro atoms. The molecule has 14 heavy (non-hydrogen) atoms. The summed E-state index contributed by atoms with van der Waals surface area (Å²) in [5.41, 5.74) is 0. The standard InChI is InChI=1S/C14H30/c1-6-12(3)9-8-10-14(5)11-13(4)7-2/h12-14H,6-11H2,1-5H3. The van der Waals surface area contributed by atoms with E-state index >= 15 is 0 Å². The summed E-state index contributed by atoms with van der Waals surface area (Å²) in [5.74, 6) is 2.80. The van der Waals surface area contributed by atoms with Crippen molar-refractivity contribution in [1.29, 1.82) is 0 Å². The molecule has 0 aromatic carbocycles. The van der Waals surface area contributed by atoms with Gasteiger partial charge < -0.3 is 0 Å². The van der Waals surface area contributed by atoms with Crippen LogP contribution in [0.25, 0.3) is 0 Å². The van der Waals surface area contributed by atoms with Crippen molar-refractivity contribution in [2.24, 2.45) is 17.8 Å². The second kappa shape index (κ2) is 8.32. The summed E-state index contributed by atoms with van der Waals surface area (Å²) >= 11 is 0. The van der Waals surface area contributed by atoms with Crippen LogP contribution in [0, 0.1) is 17.8 Å². The van der Waals surface area contributed by atoms with Gasteiger partial charge in [-0.15, -0.1) is 0 Å². The predicted molar refractivity (Wildman–Crippen MR) is 66.5 cm³/mol. The van der Waals surface area contributed by atoms with Gasteiger partial charge in [-0.25, -0.2) is 0 Å². The summed E-state index contributed by atoms with van der Waals surface area (Å²) in [4.78, 5) is 0. The van der Waals surface area contributed by atoms with Crippen molar-refractivity contribution in [2.75, 3.05) is 0 Å². The quantitative estimate of drug-likeness (QED) is 0.498. The predicted octanol–water partition coefficient (Wildman–Crippen LogP) is 5.28. The van der Waals surface area contributed by atoms with Gasteiger partial charge in [-0.1, -0.05) is 66.7 Å². The molecule has 0 saturated carbocycles. The van der Waals surface area contributed by atoms with E-state index in [4.69, 9.17) is 0 Å². The highest BCUT2D eigenvalue weighted by molar-refractivity contribution is 4.60. The molecular formula is C14H30. The molecule has 3 unspecified atom stereocenters. The van der Waals surface area contributed by atoms with E-state index in [9.17, 15) is 0 Å². The Morgan fingerprint density at radius 3 is 1.71 bits per heavy atom. The molecule has 0 heterocycles. The van der Waals surface area contributed by atoms with Crippen molar-refractivity contribution in [2.45, 2.75) is 73.1 Å². The molecule has 86 valence electrons. The molecule has 0 bridgehead atoms. The van der Waals surface area contributed by atoms with Crippen molar-refractivity contribution >= 4 is 0 Å². The molecule has 0 fully saturated rings. The zero-order chi connectivity index (χ0) is 11.0. The lowest BCUT2D eigenvalue weighted by molar-refractivity contribution is 0.362. The molecule has 0 rings (SSSR count). The van der Waals surface area contributed by atoms with Crippen molar-refractivity contribution in [3.63, 3.8) is 0 Å². The van der Waals surface area contributed by atoms with Gasteiger partial charge in [0.05, 0.1) is 0 Å². The highest BCUT2D eigenvalue weighted by Crippen LogP contribution is 2.21. The van der Waals surface area contributed by atoms with Crippen LogP contribution in [0.2, 0.25) is 0 Å². The lowest BCUT2D eigenvalue weighted by Crippen LogP contribution is -2.03. The van der Waals surface area contributed by atoms with E-state index in [0.717, 1.165) is 17.8 Å². The van der Waals surface area contributed by atoms with Gasteiger partial charge in [0.15, 0.2) is 0 Å². The monoisotopic (exact) mass is 198 g/mol. The highest BCUT2D eigenvalue weighted by atomic mass is 14.1. The average Bonchev–Trinajstić information content (AvgIpc) is 2.17. The zero-order valence-corrected chi connectivity index (χ0v) is 11.0. The molecule has 0 aliphatic heterocycles. The summed E-state index contributed by atoms with van der Waals surface area (Å²) in [6, 6.07) is 0. The van der Waals surface area contributed by atoms with Crippen LogP contribution in [0.5, 0.6) is 0 Å². The van der Waals surface area contributed by atoms with Gasteiger partial charge in [-0.3, -0.25) is 0 Å². The van der Waals surface area contributed by atoms with Crippen LogP contribution >= 0.6 is 0 Å². The molecule has 0 aliphatic rings. The first-order chi connectivity index (χ1) is 6.60. The third-order valence-electron chi connectivity index (χ3n) is 3.59. The summed E-state index contributed by atoms with van der Waals surface area (Å²) in [5, 5.41) is 0. The fourth-order valence-electron chi connectivity index (χ4n) is 1.99. The smallest absolute Gasteiger partial charge is 0.0440 e. The fourth-order valence-corrected chi connectivity index (χ4v) is 1.99. The molecule has 0 heteroatoms. The van der Waals surface area contributed by atoms with Crippen LogP contribution in [0.4, 0.5) is 0 Å². The van der Waals surface area contributed by atoms with Gasteiger partial charge in [-0.05, 0) is 24.2 Å². The van der Waals surface area contributed by atoms with E-state index in [0.29, 0.717) is 0 Å². The Labute approximate surface area is 91.5 Å². The summed E-state index contributed by atoms with van der Waals surface area (Å²) in [7, 11) is 0. The second-order valence-electron chi connectivity index (χ2n) is 5.30. The van der Waals surface area contributed by atoms with Gasteiger partial charge in [0.25, 0.3) is 0 Å². The second-order valence-corrected chi connectivity index (χ2v) is 5.30. The maximum Gasteiger partial charge on any atom is -0.0440 e. The lowest BCUT2D eigenvalue weighted by Gasteiger charge is -2.16. The van der Waals surface area contributed by atoms with Crippen molar-refractivity contribution in [3.8, 4) is 0 Å². The van der Waals surface area contributed by atoms with Gasteiger partial charge >= 0.3 is 0 Å². The van der Waals surface area contributed by atoms with E-state index in [1.807, 2.05) is 0 Å². The molecule has 0 aromatic rings. The van der Waals surface area contributed by atoms with Gasteiger partial charge in [0.2, 0.25) is 0 Å². The largest absolute Gasteiger partial charge is 0.0651 e. The van der Waals surface area contributed by atoms with Crippen LogP contribution in [0.15, 0.2) is 0 Å². The van der Waals surface area contributed by atoms with Gasteiger partial charge in [0, 0.05) is 0 Å². The lowest BCUT2D eigenvalue weighted by atomic mass is 9.90. The maximum atomic E-state index is 2.42. The Morgan fingerprint density at radius 1 is 0.714 bits per heavy atom. The molecule has 0 aliphatic carbocycles. The molecule has 0 saturated heterocycles. The molecule has 3 atom stereocenters. The average molecular weight is 198 g/mol. The fraction of sp³-hybridized carbons (Fsp3) is 1.00. The SMILES string of the molecule is CCC(C)CCCC(C)CC(C)CC. The van der Waals surface area contributed by atoms with Crippen molar-refractivity contribution in [1.82, 2.24) is 0 Å². The molecule has 0 nitrogen and oxygen atoms in total. The van der Waals surface area contributed by atoms with E-state index in [1.165, 1.54) is 38.5 Å². The third-order valence-corrected chi connectivity index (χ3v) is 3.59. The van der Waals surface area contributed by atoms with Crippen LogP contribution in [0.3, 0.4) is 0 Å². The zero-order valence-electron chi connectivity index (χ0n) is 11.0. The minimum absolute atomic E-state index is 0.925. The molecule has 0 N–H and O–H groups in total.